The number of carbonyl (C=O) groups excluding carboxylic acids is 1. The largest absolute Gasteiger partial charge is 0.507 e. The molecule has 3 aromatic rings. The molecule has 6 nitrogen and oxygen atoms in total. The van der Waals surface area contributed by atoms with E-state index in [9.17, 15) is 9.90 Å². The molecule has 2 aromatic carbocycles. The number of phenolic OH excluding ortho intramolecular Hbond substituents is 1. The molecule has 4 rings (SSSR count). The number of benzene rings is 2. The van der Waals surface area contributed by atoms with Gasteiger partial charge in [-0.15, -0.1) is 5.10 Å². The summed E-state index contributed by atoms with van der Waals surface area (Å²) in [6, 6.07) is 17.7. The number of phenols is 1. The highest BCUT2D eigenvalue weighted by molar-refractivity contribution is 8.18. The number of rotatable bonds is 5. The van der Waals surface area contributed by atoms with Gasteiger partial charge in [0.25, 0.3) is 5.91 Å². The lowest BCUT2D eigenvalue weighted by molar-refractivity contribution is -0.122. The van der Waals surface area contributed by atoms with E-state index in [1.54, 1.807) is 42.8 Å². The fourth-order valence-electron chi connectivity index (χ4n) is 2.75. The molecule has 2 heterocycles. The van der Waals surface area contributed by atoms with E-state index in [4.69, 9.17) is 16.0 Å². The summed E-state index contributed by atoms with van der Waals surface area (Å²) in [5.74, 6) is 0.394. The van der Waals surface area contributed by atoms with Crippen LogP contribution in [0.5, 0.6) is 5.75 Å². The van der Waals surface area contributed by atoms with Gasteiger partial charge >= 0.3 is 0 Å². The number of amidine groups is 1. The van der Waals surface area contributed by atoms with E-state index in [1.807, 2.05) is 30.3 Å². The van der Waals surface area contributed by atoms with Crippen LogP contribution in [0.1, 0.15) is 16.9 Å². The lowest BCUT2D eigenvalue weighted by Gasteiger charge is -2.12. The zero-order chi connectivity index (χ0) is 20.9. The summed E-state index contributed by atoms with van der Waals surface area (Å²) in [4.78, 5) is 14.9. The highest BCUT2D eigenvalue weighted by Gasteiger charge is 2.34. The normalized spacial score (nSPS) is 17.0. The molecule has 0 saturated carbocycles. The number of nitrogens with zero attached hydrogens (tertiary/aromatic N) is 3. The first-order valence-electron chi connectivity index (χ1n) is 8.98. The van der Waals surface area contributed by atoms with E-state index in [-0.39, 0.29) is 18.2 Å². The Morgan fingerprint density at radius 2 is 1.97 bits per heavy atom. The van der Waals surface area contributed by atoms with Gasteiger partial charge in [-0.25, -0.2) is 0 Å². The van der Waals surface area contributed by atoms with Crippen molar-refractivity contribution in [1.82, 2.24) is 4.90 Å². The zero-order valence-corrected chi connectivity index (χ0v) is 17.2. The molecule has 1 amide bonds. The lowest BCUT2D eigenvalue weighted by Crippen LogP contribution is -2.28. The molecular formula is C22H16ClN3O3S. The van der Waals surface area contributed by atoms with E-state index in [0.29, 0.717) is 26.4 Å². The number of hydrogen-bond donors (Lipinski definition) is 1. The van der Waals surface area contributed by atoms with Crippen molar-refractivity contribution < 1.29 is 14.3 Å². The highest BCUT2D eigenvalue weighted by Crippen LogP contribution is 2.35. The molecule has 150 valence electrons. The second kappa shape index (κ2) is 9.02. The van der Waals surface area contributed by atoms with Crippen LogP contribution in [0, 0.1) is 0 Å². The van der Waals surface area contributed by atoms with Crippen LogP contribution < -0.4 is 0 Å². The number of thioether (sulfide) groups is 1. The van der Waals surface area contributed by atoms with Crippen LogP contribution in [0.3, 0.4) is 0 Å². The minimum Gasteiger partial charge on any atom is -0.507 e. The molecule has 0 unspecified atom stereocenters. The van der Waals surface area contributed by atoms with Gasteiger partial charge in [0, 0.05) is 10.6 Å². The maximum absolute atomic E-state index is 13.0. The van der Waals surface area contributed by atoms with Crippen molar-refractivity contribution in [2.45, 2.75) is 6.54 Å². The molecule has 1 aliphatic rings. The Morgan fingerprint density at radius 3 is 2.73 bits per heavy atom. The number of aromatic hydroxyl groups is 1. The summed E-state index contributed by atoms with van der Waals surface area (Å²) in [5.41, 5.74) is 1.35. The van der Waals surface area contributed by atoms with Gasteiger partial charge < -0.3 is 9.52 Å². The average molecular weight is 438 g/mol. The molecule has 0 bridgehead atoms. The first-order valence-corrected chi connectivity index (χ1v) is 10.2. The fraction of sp³-hybridized carbons (Fsp3) is 0.0455. The minimum atomic E-state index is -0.260. The van der Waals surface area contributed by atoms with E-state index in [1.165, 1.54) is 22.7 Å². The van der Waals surface area contributed by atoms with Gasteiger partial charge in [0.2, 0.25) is 0 Å². The van der Waals surface area contributed by atoms with Crippen LogP contribution in [0.4, 0.5) is 0 Å². The lowest BCUT2D eigenvalue weighted by atomic mass is 10.2. The summed E-state index contributed by atoms with van der Waals surface area (Å²) < 4.78 is 5.38. The van der Waals surface area contributed by atoms with E-state index >= 15 is 0 Å². The van der Waals surface area contributed by atoms with Crippen LogP contribution in [-0.2, 0) is 11.3 Å². The van der Waals surface area contributed by atoms with E-state index in [0.717, 1.165) is 5.56 Å². The third-order valence-electron chi connectivity index (χ3n) is 4.21. The minimum absolute atomic E-state index is 0.0328. The first-order chi connectivity index (χ1) is 14.6. The number of hydrogen-bond acceptors (Lipinski definition) is 6. The molecule has 0 radical (unpaired) electrons. The van der Waals surface area contributed by atoms with Gasteiger partial charge in [0.05, 0.1) is 23.9 Å². The SMILES string of the molecule is O=C1/C(=C/c2cc(Cl)ccc2O)S/C(=N/N=C\c2ccccc2)N1Cc1ccco1. The number of amides is 1. The third-order valence-corrected chi connectivity index (χ3v) is 5.44. The Balaban J connectivity index is 1.65. The molecule has 1 fully saturated rings. The van der Waals surface area contributed by atoms with Crippen molar-refractivity contribution in [3.63, 3.8) is 0 Å². The smallest absolute Gasteiger partial charge is 0.267 e. The zero-order valence-electron chi connectivity index (χ0n) is 15.6. The van der Waals surface area contributed by atoms with Gasteiger partial charge in [-0.3, -0.25) is 9.69 Å². The monoisotopic (exact) mass is 437 g/mol. The predicted octanol–water partition coefficient (Wildman–Crippen LogP) is 5.15. The quantitative estimate of drug-likeness (QED) is 0.340. The van der Waals surface area contributed by atoms with Crippen molar-refractivity contribution in [2.24, 2.45) is 10.2 Å². The molecule has 1 N–H and O–H groups in total. The maximum Gasteiger partial charge on any atom is 0.267 e. The standard InChI is InChI=1S/C22H16ClN3O3S/c23-17-8-9-19(27)16(11-17)12-20-21(28)26(14-18-7-4-10-29-18)22(30-20)25-24-13-15-5-2-1-3-6-15/h1-13,27H,14H2/b20-12-,24-13-,25-22+. The van der Waals surface area contributed by atoms with Crippen molar-refractivity contribution >= 4 is 46.7 Å². The Bertz CT molecular complexity index is 1140. The van der Waals surface area contributed by atoms with Crippen LogP contribution in [0.25, 0.3) is 6.08 Å². The third kappa shape index (κ3) is 4.64. The average Bonchev–Trinajstić information content (AvgIpc) is 3.36. The molecule has 0 aliphatic carbocycles. The van der Waals surface area contributed by atoms with Crippen LogP contribution in [0.2, 0.25) is 5.02 Å². The number of furan rings is 1. The fourth-order valence-corrected chi connectivity index (χ4v) is 3.85. The van der Waals surface area contributed by atoms with Gasteiger partial charge in [-0.05, 0) is 53.7 Å². The first kappa shape index (κ1) is 20.0. The number of carbonyl (C=O) groups is 1. The Labute approximate surface area is 182 Å². The van der Waals surface area contributed by atoms with E-state index < -0.39 is 0 Å². The summed E-state index contributed by atoms with van der Waals surface area (Å²) in [5, 5.41) is 19.3. The molecular weight excluding hydrogens is 422 g/mol. The van der Waals surface area contributed by atoms with Crippen molar-refractivity contribution in [1.29, 1.82) is 0 Å². The van der Waals surface area contributed by atoms with Crippen molar-refractivity contribution in [3.8, 4) is 5.75 Å². The van der Waals surface area contributed by atoms with Crippen LogP contribution >= 0.6 is 23.4 Å². The summed E-state index contributed by atoms with van der Waals surface area (Å²) in [6.07, 6.45) is 4.76. The Morgan fingerprint density at radius 1 is 1.13 bits per heavy atom. The molecule has 0 atom stereocenters. The Hall–Kier alpha value is -3.29. The Kier molecular flexibility index (Phi) is 6.02. The highest BCUT2D eigenvalue weighted by atomic mass is 35.5. The molecule has 8 heteroatoms. The second-order valence-electron chi connectivity index (χ2n) is 6.32. The molecule has 0 spiro atoms. The maximum atomic E-state index is 13.0. The second-order valence-corrected chi connectivity index (χ2v) is 7.77. The van der Waals surface area contributed by atoms with Crippen LogP contribution in [-0.4, -0.2) is 27.3 Å². The topological polar surface area (TPSA) is 78.4 Å². The van der Waals surface area contributed by atoms with Gasteiger partial charge in [-0.1, -0.05) is 41.9 Å². The predicted molar refractivity (Wildman–Crippen MR) is 119 cm³/mol. The molecule has 1 aromatic heterocycles. The summed E-state index contributed by atoms with van der Waals surface area (Å²) >= 11 is 7.19. The summed E-state index contributed by atoms with van der Waals surface area (Å²) in [6.45, 7) is 0.220. The van der Waals surface area contributed by atoms with Crippen LogP contribution in [0.15, 0.2) is 86.5 Å². The van der Waals surface area contributed by atoms with E-state index in [2.05, 4.69) is 10.2 Å². The molecule has 30 heavy (non-hydrogen) atoms. The van der Waals surface area contributed by atoms with Gasteiger partial charge in [0.15, 0.2) is 5.17 Å². The number of halogens is 1. The molecule has 1 saturated heterocycles. The van der Waals surface area contributed by atoms with Crippen molar-refractivity contribution in [3.05, 3.63) is 93.7 Å². The van der Waals surface area contributed by atoms with Gasteiger partial charge in [-0.2, -0.15) is 5.10 Å². The van der Waals surface area contributed by atoms with Crippen molar-refractivity contribution in [2.75, 3.05) is 0 Å². The summed E-state index contributed by atoms with van der Waals surface area (Å²) in [7, 11) is 0. The van der Waals surface area contributed by atoms with Gasteiger partial charge in [0.1, 0.15) is 11.5 Å². The molecule has 1 aliphatic heterocycles.